The second kappa shape index (κ2) is 5.50. The van der Waals surface area contributed by atoms with Crippen molar-refractivity contribution in [3.63, 3.8) is 0 Å². The van der Waals surface area contributed by atoms with Crippen LogP contribution in [0.15, 0.2) is 11.6 Å². The van der Waals surface area contributed by atoms with Gasteiger partial charge in [0.05, 0.1) is 11.4 Å². The molecule has 1 N–H and O–H groups in total. The molecular formula is C14H23N3. The minimum absolute atomic E-state index is 1.04. The van der Waals surface area contributed by atoms with E-state index in [0.717, 1.165) is 31.9 Å². The SMILES string of the molecule is CC/C(C)=C/CCN1CCc2nc(C)[nH]c2C1. The van der Waals surface area contributed by atoms with Crippen LogP contribution in [-0.2, 0) is 13.0 Å². The van der Waals surface area contributed by atoms with Crippen LogP contribution in [0, 0.1) is 6.92 Å². The molecule has 0 radical (unpaired) electrons. The molecule has 0 spiro atoms. The van der Waals surface area contributed by atoms with E-state index in [2.05, 4.69) is 34.8 Å². The van der Waals surface area contributed by atoms with Crippen molar-refractivity contribution in [2.45, 2.75) is 46.6 Å². The van der Waals surface area contributed by atoms with Crippen LogP contribution < -0.4 is 0 Å². The average Bonchev–Trinajstić information content (AvgIpc) is 2.68. The summed E-state index contributed by atoms with van der Waals surface area (Å²) in [6.07, 6.45) is 5.80. The number of hydrogen-bond donors (Lipinski definition) is 1. The van der Waals surface area contributed by atoms with Gasteiger partial charge < -0.3 is 4.98 Å². The van der Waals surface area contributed by atoms with Crippen molar-refractivity contribution in [3.05, 3.63) is 28.9 Å². The standard InChI is InChI=1S/C14H23N3/c1-4-11(2)6-5-8-17-9-7-13-14(10-17)16-12(3)15-13/h6H,4-5,7-10H2,1-3H3,(H,15,16)/b11-6+. The van der Waals surface area contributed by atoms with Crippen molar-refractivity contribution in [1.82, 2.24) is 14.9 Å². The van der Waals surface area contributed by atoms with Gasteiger partial charge in [-0.1, -0.05) is 18.6 Å². The topological polar surface area (TPSA) is 31.9 Å². The van der Waals surface area contributed by atoms with Gasteiger partial charge in [-0.05, 0) is 26.7 Å². The Kier molecular flexibility index (Phi) is 4.00. The summed E-state index contributed by atoms with van der Waals surface area (Å²) < 4.78 is 0. The fourth-order valence-electron chi connectivity index (χ4n) is 2.32. The molecule has 17 heavy (non-hydrogen) atoms. The normalized spacial score (nSPS) is 17.2. The van der Waals surface area contributed by atoms with Crippen LogP contribution in [0.2, 0.25) is 0 Å². The number of hydrogen-bond acceptors (Lipinski definition) is 2. The van der Waals surface area contributed by atoms with Gasteiger partial charge in [0.2, 0.25) is 0 Å². The summed E-state index contributed by atoms with van der Waals surface area (Å²) in [5.41, 5.74) is 4.10. The van der Waals surface area contributed by atoms with E-state index in [4.69, 9.17) is 0 Å². The molecule has 1 aromatic heterocycles. The molecule has 0 bridgehead atoms. The zero-order valence-electron chi connectivity index (χ0n) is 11.2. The van der Waals surface area contributed by atoms with E-state index in [-0.39, 0.29) is 0 Å². The molecular weight excluding hydrogens is 210 g/mol. The van der Waals surface area contributed by atoms with E-state index in [1.807, 2.05) is 6.92 Å². The lowest BCUT2D eigenvalue weighted by Gasteiger charge is -2.25. The van der Waals surface area contributed by atoms with Gasteiger partial charge >= 0.3 is 0 Å². The minimum Gasteiger partial charge on any atom is -0.345 e. The molecule has 3 heteroatoms. The van der Waals surface area contributed by atoms with Crippen LogP contribution in [0.1, 0.15) is 43.9 Å². The van der Waals surface area contributed by atoms with Gasteiger partial charge in [0.25, 0.3) is 0 Å². The number of H-pyrrole nitrogens is 1. The first kappa shape index (κ1) is 12.4. The van der Waals surface area contributed by atoms with Gasteiger partial charge in [-0.15, -0.1) is 0 Å². The minimum atomic E-state index is 1.04. The van der Waals surface area contributed by atoms with Crippen molar-refractivity contribution in [2.24, 2.45) is 0 Å². The van der Waals surface area contributed by atoms with E-state index in [9.17, 15) is 0 Å². The van der Waals surface area contributed by atoms with Gasteiger partial charge in [-0.25, -0.2) is 4.98 Å². The van der Waals surface area contributed by atoms with Crippen molar-refractivity contribution < 1.29 is 0 Å². The molecule has 0 saturated carbocycles. The molecule has 0 amide bonds. The van der Waals surface area contributed by atoms with Crippen molar-refractivity contribution >= 4 is 0 Å². The molecule has 1 aliphatic rings. The predicted octanol–water partition coefficient (Wildman–Crippen LogP) is 2.82. The summed E-state index contributed by atoms with van der Waals surface area (Å²) in [7, 11) is 0. The number of aryl methyl sites for hydroxylation is 1. The molecule has 94 valence electrons. The third-order valence-corrected chi connectivity index (χ3v) is 3.53. The van der Waals surface area contributed by atoms with Crippen molar-refractivity contribution in [3.8, 4) is 0 Å². The lowest BCUT2D eigenvalue weighted by Crippen LogP contribution is -2.31. The largest absolute Gasteiger partial charge is 0.345 e. The number of nitrogens with zero attached hydrogens (tertiary/aromatic N) is 2. The molecule has 2 heterocycles. The lowest BCUT2D eigenvalue weighted by atomic mass is 10.1. The van der Waals surface area contributed by atoms with E-state index in [0.29, 0.717) is 0 Å². The molecule has 0 fully saturated rings. The summed E-state index contributed by atoms with van der Waals surface area (Å²) >= 11 is 0. The Morgan fingerprint density at radius 3 is 3.12 bits per heavy atom. The summed E-state index contributed by atoms with van der Waals surface area (Å²) in [4.78, 5) is 10.4. The maximum atomic E-state index is 4.51. The van der Waals surface area contributed by atoms with Crippen LogP contribution in [0.5, 0.6) is 0 Å². The molecule has 0 atom stereocenters. The summed E-state index contributed by atoms with van der Waals surface area (Å²) in [5.74, 6) is 1.05. The number of fused-ring (bicyclic) bond motifs is 1. The van der Waals surface area contributed by atoms with Gasteiger partial charge in [0, 0.05) is 26.1 Å². The first-order valence-electron chi connectivity index (χ1n) is 6.61. The zero-order valence-corrected chi connectivity index (χ0v) is 11.2. The summed E-state index contributed by atoms with van der Waals surface area (Å²) in [6, 6.07) is 0. The van der Waals surface area contributed by atoms with E-state index in [1.54, 1.807) is 0 Å². The molecule has 0 aliphatic carbocycles. The quantitative estimate of drug-likeness (QED) is 0.811. The third kappa shape index (κ3) is 3.19. The Labute approximate surface area is 104 Å². The first-order chi connectivity index (χ1) is 8.19. The highest BCUT2D eigenvalue weighted by Crippen LogP contribution is 2.16. The number of imidazole rings is 1. The average molecular weight is 233 g/mol. The Bertz CT molecular complexity index is 404. The molecule has 3 nitrogen and oxygen atoms in total. The molecule has 1 aliphatic heterocycles. The van der Waals surface area contributed by atoms with Crippen LogP contribution >= 0.6 is 0 Å². The maximum Gasteiger partial charge on any atom is 0.103 e. The monoisotopic (exact) mass is 233 g/mol. The van der Waals surface area contributed by atoms with Gasteiger partial charge in [-0.3, -0.25) is 4.90 Å². The van der Waals surface area contributed by atoms with Crippen molar-refractivity contribution in [2.75, 3.05) is 13.1 Å². The lowest BCUT2D eigenvalue weighted by molar-refractivity contribution is 0.254. The number of nitrogens with one attached hydrogen (secondary N) is 1. The smallest absolute Gasteiger partial charge is 0.103 e. The van der Waals surface area contributed by atoms with Gasteiger partial charge in [-0.2, -0.15) is 0 Å². The van der Waals surface area contributed by atoms with Gasteiger partial charge in [0.1, 0.15) is 5.82 Å². The Morgan fingerprint density at radius 2 is 2.35 bits per heavy atom. The predicted molar refractivity (Wildman–Crippen MR) is 71.0 cm³/mol. The highest BCUT2D eigenvalue weighted by Gasteiger charge is 2.18. The second-order valence-corrected chi connectivity index (χ2v) is 4.97. The second-order valence-electron chi connectivity index (χ2n) is 4.97. The van der Waals surface area contributed by atoms with Crippen LogP contribution in [0.4, 0.5) is 0 Å². The molecule has 2 rings (SSSR count). The number of rotatable bonds is 4. The van der Waals surface area contributed by atoms with E-state index in [1.165, 1.54) is 29.8 Å². The van der Waals surface area contributed by atoms with Crippen LogP contribution in [-0.4, -0.2) is 28.0 Å². The van der Waals surface area contributed by atoms with E-state index >= 15 is 0 Å². The number of aromatic amines is 1. The van der Waals surface area contributed by atoms with Crippen LogP contribution in [0.3, 0.4) is 0 Å². The molecule has 1 aromatic rings. The molecule has 0 saturated heterocycles. The van der Waals surface area contributed by atoms with Gasteiger partial charge in [0.15, 0.2) is 0 Å². The highest BCUT2D eigenvalue weighted by molar-refractivity contribution is 5.17. The third-order valence-electron chi connectivity index (χ3n) is 3.53. The molecule has 0 unspecified atom stereocenters. The van der Waals surface area contributed by atoms with E-state index < -0.39 is 0 Å². The molecule has 0 aromatic carbocycles. The highest BCUT2D eigenvalue weighted by atomic mass is 15.1. The fourth-order valence-corrected chi connectivity index (χ4v) is 2.32. The Morgan fingerprint density at radius 1 is 1.53 bits per heavy atom. The number of aromatic nitrogens is 2. The zero-order chi connectivity index (χ0) is 12.3. The maximum absolute atomic E-state index is 4.51. The first-order valence-corrected chi connectivity index (χ1v) is 6.61. The fraction of sp³-hybridized carbons (Fsp3) is 0.643. The van der Waals surface area contributed by atoms with Crippen molar-refractivity contribution in [1.29, 1.82) is 0 Å². The summed E-state index contributed by atoms with van der Waals surface area (Å²) in [5, 5.41) is 0. The summed E-state index contributed by atoms with van der Waals surface area (Å²) in [6.45, 7) is 9.81. The Hall–Kier alpha value is -1.09. The number of allylic oxidation sites excluding steroid dienone is 1. The Balaban J connectivity index is 1.86. The van der Waals surface area contributed by atoms with Crippen LogP contribution in [0.25, 0.3) is 0 Å².